The Morgan fingerprint density at radius 2 is 1.02 bits per heavy atom. The Bertz CT molecular complexity index is 1380. The van der Waals surface area contributed by atoms with Crippen LogP contribution in [0.5, 0.6) is 5.75 Å². The Balaban J connectivity index is 2.77. The quantitative estimate of drug-likeness (QED) is 0.135. The standard InChI is InChI=1S/C51H89NO2/c1-33(2)47(34(3)4)51(41(17)18,49(36(7)8,37(9)10)38(11)12)52(44-28-22-23-29-44)50(39(13)14,40(15)16)48(35(5)6,54-42(19)20)32-53-46-31-25-27-43-26-21-24-30-45(43)46/h21,24-27,30-31,33-42,44,47H,22-23,28-29,32H2,1-20H3. The molecule has 0 amide bonds. The molecule has 2 aromatic rings. The third-order valence-corrected chi connectivity index (χ3v) is 14.9. The van der Waals surface area contributed by atoms with E-state index in [0.29, 0.717) is 54.1 Å². The van der Waals surface area contributed by atoms with Gasteiger partial charge in [0.25, 0.3) is 0 Å². The summed E-state index contributed by atoms with van der Waals surface area (Å²) in [6.07, 6.45) is 5.08. The lowest BCUT2D eigenvalue weighted by Crippen LogP contribution is -2.86. The van der Waals surface area contributed by atoms with Crippen molar-refractivity contribution < 1.29 is 9.47 Å². The maximum absolute atomic E-state index is 7.86. The zero-order chi connectivity index (χ0) is 41.1. The van der Waals surface area contributed by atoms with E-state index < -0.39 is 5.60 Å². The molecule has 2 atom stereocenters. The van der Waals surface area contributed by atoms with Crippen LogP contribution in [0, 0.1) is 64.6 Å². The van der Waals surface area contributed by atoms with Gasteiger partial charge in [-0.3, -0.25) is 4.90 Å². The highest BCUT2D eigenvalue weighted by Crippen LogP contribution is 2.67. The minimum Gasteiger partial charge on any atom is -0.490 e. The highest BCUT2D eigenvalue weighted by Gasteiger charge is 2.73. The van der Waals surface area contributed by atoms with Crippen LogP contribution in [-0.2, 0) is 4.74 Å². The summed E-state index contributed by atoms with van der Waals surface area (Å²) in [4.78, 5) is 3.35. The topological polar surface area (TPSA) is 21.7 Å². The minimum absolute atomic E-state index is 0.00493. The van der Waals surface area contributed by atoms with Crippen molar-refractivity contribution in [1.29, 1.82) is 0 Å². The van der Waals surface area contributed by atoms with Gasteiger partial charge in [-0.05, 0) is 103 Å². The molecular formula is C51H89NO2. The van der Waals surface area contributed by atoms with Gasteiger partial charge >= 0.3 is 0 Å². The Morgan fingerprint density at radius 3 is 1.43 bits per heavy atom. The van der Waals surface area contributed by atoms with Crippen molar-refractivity contribution in [1.82, 2.24) is 4.90 Å². The van der Waals surface area contributed by atoms with Crippen molar-refractivity contribution >= 4 is 10.8 Å². The van der Waals surface area contributed by atoms with Crippen LogP contribution in [0.15, 0.2) is 42.5 Å². The number of hydrogen-bond donors (Lipinski definition) is 0. The molecule has 1 fully saturated rings. The average molecular weight is 748 g/mol. The van der Waals surface area contributed by atoms with E-state index in [4.69, 9.17) is 9.47 Å². The predicted molar refractivity (Wildman–Crippen MR) is 237 cm³/mol. The maximum atomic E-state index is 7.86. The zero-order valence-electron chi connectivity index (χ0n) is 39.3. The maximum Gasteiger partial charge on any atom is 0.127 e. The molecule has 0 N–H and O–H groups in total. The van der Waals surface area contributed by atoms with E-state index in [1.807, 2.05) is 0 Å². The molecule has 1 aliphatic carbocycles. The SMILES string of the molecule is CC(C)OC(COc1cccc2ccccc12)(C(C)C)C(C(C)C)(C(C)C)N(C1CCCC1)C(C(C)C)(C(C(C)C)C(C)C)C(C(C)C)(C(C)C)C(C)C. The van der Waals surface area contributed by atoms with Gasteiger partial charge in [0.2, 0.25) is 0 Å². The zero-order valence-corrected chi connectivity index (χ0v) is 39.3. The summed E-state index contributed by atoms with van der Waals surface area (Å²) in [7, 11) is 0. The van der Waals surface area contributed by atoms with Crippen molar-refractivity contribution in [2.75, 3.05) is 6.61 Å². The lowest BCUT2D eigenvalue weighted by atomic mass is 9.41. The molecule has 0 aromatic heterocycles. The fourth-order valence-corrected chi connectivity index (χ4v) is 14.4. The number of rotatable bonds is 20. The Morgan fingerprint density at radius 1 is 0.556 bits per heavy atom. The molecule has 0 saturated heterocycles. The van der Waals surface area contributed by atoms with Crippen LogP contribution in [0.25, 0.3) is 10.8 Å². The fourth-order valence-electron chi connectivity index (χ4n) is 14.4. The number of nitrogens with zero attached hydrogens (tertiary/aromatic N) is 1. The van der Waals surface area contributed by atoms with Gasteiger partial charge in [-0.1, -0.05) is 174 Å². The normalized spacial score (nSPS) is 17.9. The van der Waals surface area contributed by atoms with Crippen LogP contribution >= 0.6 is 0 Å². The molecule has 54 heavy (non-hydrogen) atoms. The van der Waals surface area contributed by atoms with E-state index >= 15 is 0 Å². The first-order chi connectivity index (χ1) is 25.1. The first-order valence-electron chi connectivity index (χ1n) is 22.7. The lowest BCUT2D eigenvalue weighted by molar-refractivity contribution is -0.312. The predicted octanol–water partition coefficient (Wildman–Crippen LogP) is 14.6. The molecule has 0 aliphatic heterocycles. The van der Waals surface area contributed by atoms with E-state index in [0.717, 1.165) is 5.75 Å². The van der Waals surface area contributed by atoms with Gasteiger partial charge in [-0.25, -0.2) is 0 Å². The largest absolute Gasteiger partial charge is 0.490 e. The molecule has 0 heterocycles. The van der Waals surface area contributed by atoms with Gasteiger partial charge in [0.15, 0.2) is 0 Å². The van der Waals surface area contributed by atoms with E-state index in [-0.39, 0.29) is 40.4 Å². The van der Waals surface area contributed by atoms with E-state index in [9.17, 15) is 0 Å². The first-order valence-corrected chi connectivity index (χ1v) is 22.7. The second kappa shape index (κ2) is 18.3. The van der Waals surface area contributed by atoms with Crippen molar-refractivity contribution in [2.45, 2.75) is 193 Å². The molecule has 0 bridgehead atoms. The third kappa shape index (κ3) is 7.58. The number of fused-ring (bicyclic) bond motifs is 1. The summed E-state index contributed by atoms with van der Waals surface area (Å²) in [5.41, 5.74) is -1.20. The Kier molecular flexibility index (Phi) is 15.9. The highest BCUT2D eigenvalue weighted by molar-refractivity contribution is 5.88. The Labute approximate surface area is 336 Å². The second-order valence-corrected chi connectivity index (χ2v) is 20.8. The highest BCUT2D eigenvalue weighted by atomic mass is 16.6. The lowest BCUT2D eigenvalue weighted by Gasteiger charge is -2.76. The van der Waals surface area contributed by atoms with Crippen LogP contribution in [0.3, 0.4) is 0 Å². The summed E-state index contributed by atoms with van der Waals surface area (Å²) in [6, 6.07) is 15.7. The fraction of sp³-hybridized carbons (Fsp3) is 0.804. The smallest absolute Gasteiger partial charge is 0.127 e. The molecule has 0 spiro atoms. The summed E-state index contributed by atoms with van der Waals surface area (Å²) in [5.74, 6) is 4.91. The van der Waals surface area contributed by atoms with Crippen molar-refractivity contribution in [3.8, 4) is 5.75 Å². The second-order valence-electron chi connectivity index (χ2n) is 20.8. The molecule has 310 valence electrons. The van der Waals surface area contributed by atoms with Gasteiger partial charge in [-0.15, -0.1) is 0 Å². The molecule has 0 radical (unpaired) electrons. The van der Waals surface area contributed by atoms with Gasteiger partial charge < -0.3 is 9.47 Å². The summed E-state index contributed by atoms with van der Waals surface area (Å²) in [6.45, 7) is 51.1. The van der Waals surface area contributed by atoms with Crippen LogP contribution in [0.1, 0.15) is 164 Å². The first kappa shape index (κ1) is 46.8. The van der Waals surface area contributed by atoms with E-state index in [1.54, 1.807) is 0 Å². The van der Waals surface area contributed by atoms with Crippen LogP contribution in [0.4, 0.5) is 0 Å². The molecule has 1 saturated carbocycles. The molecule has 1 aliphatic rings. The Hall–Kier alpha value is -1.58. The average Bonchev–Trinajstić information content (AvgIpc) is 3.58. The summed E-state index contributed by atoms with van der Waals surface area (Å²) >= 11 is 0. The summed E-state index contributed by atoms with van der Waals surface area (Å²) in [5, 5.41) is 2.39. The third-order valence-electron chi connectivity index (χ3n) is 14.9. The van der Waals surface area contributed by atoms with Gasteiger partial charge in [-0.2, -0.15) is 0 Å². The molecule has 2 unspecified atom stereocenters. The minimum atomic E-state index is -0.641. The van der Waals surface area contributed by atoms with Gasteiger partial charge in [0.05, 0.1) is 11.6 Å². The van der Waals surface area contributed by atoms with Crippen LogP contribution < -0.4 is 4.74 Å². The number of ether oxygens (including phenoxy) is 2. The van der Waals surface area contributed by atoms with Crippen molar-refractivity contribution in [3.05, 3.63) is 42.5 Å². The van der Waals surface area contributed by atoms with Crippen LogP contribution in [0.2, 0.25) is 0 Å². The molecule has 3 nitrogen and oxygen atoms in total. The number of benzene rings is 2. The number of hydrogen-bond acceptors (Lipinski definition) is 3. The summed E-state index contributed by atoms with van der Waals surface area (Å²) < 4.78 is 15.2. The van der Waals surface area contributed by atoms with Gasteiger partial charge in [0.1, 0.15) is 18.0 Å². The molecule has 3 heteroatoms. The van der Waals surface area contributed by atoms with E-state index in [1.165, 1.54) is 36.5 Å². The molecular weight excluding hydrogens is 659 g/mol. The van der Waals surface area contributed by atoms with Crippen molar-refractivity contribution in [2.24, 2.45) is 64.6 Å². The molecule has 3 rings (SSSR count). The monoisotopic (exact) mass is 748 g/mol. The van der Waals surface area contributed by atoms with Gasteiger partial charge in [0, 0.05) is 17.0 Å². The molecule has 2 aromatic carbocycles. The van der Waals surface area contributed by atoms with Crippen molar-refractivity contribution in [3.63, 3.8) is 0 Å². The van der Waals surface area contributed by atoms with Crippen LogP contribution in [-0.4, -0.2) is 40.3 Å². The van der Waals surface area contributed by atoms with E-state index in [2.05, 4.69) is 186 Å².